The zero-order valence-electron chi connectivity index (χ0n) is 11.0. The van der Waals surface area contributed by atoms with Gasteiger partial charge in [-0.2, -0.15) is 0 Å². The van der Waals surface area contributed by atoms with E-state index in [2.05, 4.69) is 10.2 Å². The van der Waals surface area contributed by atoms with E-state index in [0.717, 1.165) is 18.8 Å². The van der Waals surface area contributed by atoms with Crippen molar-refractivity contribution in [2.24, 2.45) is 5.92 Å². The maximum atomic E-state index is 11.5. The van der Waals surface area contributed by atoms with Gasteiger partial charge in [0.1, 0.15) is 17.6 Å². The molecule has 2 aliphatic heterocycles. The lowest BCUT2D eigenvalue weighted by molar-refractivity contribution is -0.139. The average Bonchev–Trinajstić information content (AvgIpc) is 2.93. The zero-order valence-corrected chi connectivity index (χ0v) is 11.8. The summed E-state index contributed by atoms with van der Waals surface area (Å²) in [5.41, 5.74) is 0. The van der Waals surface area contributed by atoms with Crippen LogP contribution in [0.15, 0.2) is 0 Å². The van der Waals surface area contributed by atoms with Crippen LogP contribution in [0.2, 0.25) is 0 Å². The number of carboxylic acids is 1. The Bertz CT molecular complexity index is 637. The van der Waals surface area contributed by atoms with Gasteiger partial charge in [0.2, 0.25) is 0 Å². The normalized spacial score (nSPS) is 28.2. The van der Waals surface area contributed by atoms with Crippen LogP contribution in [-0.4, -0.2) is 45.8 Å². The Morgan fingerprint density at radius 1 is 1.35 bits per heavy atom. The Balaban J connectivity index is 1.81. The van der Waals surface area contributed by atoms with E-state index in [4.69, 9.17) is 0 Å². The number of sulfone groups is 1. The van der Waals surface area contributed by atoms with Crippen molar-refractivity contribution in [2.75, 3.05) is 11.5 Å². The lowest BCUT2D eigenvalue weighted by atomic mass is 9.98. The predicted molar refractivity (Wildman–Crippen MR) is 70.1 cm³/mol. The first-order valence-electron chi connectivity index (χ1n) is 6.81. The molecule has 1 saturated heterocycles. The first-order chi connectivity index (χ1) is 9.46. The molecule has 1 N–H and O–H groups in total. The second-order valence-electron chi connectivity index (χ2n) is 5.63. The summed E-state index contributed by atoms with van der Waals surface area (Å²) < 4.78 is 24.8. The van der Waals surface area contributed by atoms with Gasteiger partial charge in [0.05, 0.1) is 11.5 Å². The summed E-state index contributed by atoms with van der Waals surface area (Å²) in [4.78, 5) is 11.2. The van der Waals surface area contributed by atoms with E-state index in [-0.39, 0.29) is 17.4 Å². The van der Waals surface area contributed by atoms with Crippen LogP contribution in [0.4, 0.5) is 0 Å². The third-order valence-corrected chi connectivity index (χ3v) is 5.98. The number of aromatic nitrogens is 3. The fourth-order valence-electron chi connectivity index (χ4n) is 3.11. The van der Waals surface area contributed by atoms with Gasteiger partial charge in [-0.15, -0.1) is 10.2 Å². The van der Waals surface area contributed by atoms with E-state index in [0.29, 0.717) is 25.1 Å². The van der Waals surface area contributed by atoms with Gasteiger partial charge in [-0.05, 0) is 25.2 Å². The number of hydrogen-bond donors (Lipinski definition) is 1. The van der Waals surface area contributed by atoms with Crippen LogP contribution in [0, 0.1) is 5.92 Å². The number of fused-ring (bicyclic) bond motifs is 1. The molecule has 0 saturated carbocycles. The highest BCUT2D eigenvalue weighted by atomic mass is 32.2. The minimum Gasteiger partial charge on any atom is -0.481 e. The van der Waals surface area contributed by atoms with Gasteiger partial charge in [-0.25, -0.2) is 8.42 Å². The molecule has 110 valence electrons. The van der Waals surface area contributed by atoms with Crippen LogP contribution in [0.3, 0.4) is 0 Å². The molecule has 0 spiro atoms. The molecule has 20 heavy (non-hydrogen) atoms. The van der Waals surface area contributed by atoms with Crippen molar-refractivity contribution < 1.29 is 18.3 Å². The molecule has 8 heteroatoms. The molecule has 0 amide bonds. The highest BCUT2D eigenvalue weighted by Gasteiger charge is 2.33. The molecular weight excluding hydrogens is 282 g/mol. The summed E-state index contributed by atoms with van der Waals surface area (Å²) in [7, 11) is -2.90. The van der Waals surface area contributed by atoms with E-state index in [9.17, 15) is 18.3 Å². The van der Waals surface area contributed by atoms with E-state index < -0.39 is 21.7 Å². The minimum absolute atomic E-state index is 0.0819. The Kier molecular flexibility index (Phi) is 3.27. The predicted octanol–water partition coefficient (Wildman–Crippen LogP) is 0.217. The van der Waals surface area contributed by atoms with Crippen LogP contribution in [0.25, 0.3) is 0 Å². The molecule has 3 rings (SSSR count). The Morgan fingerprint density at radius 2 is 2.15 bits per heavy atom. The summed E-state index contributed by atoms with van der Waals surface area (Å²) in [6, 6.07) is 0. The molecule has 0 bridgehead atoms. The second-order valence-corrected chi connectivity index (χ2v) is 7.86. The number of carboxylic acid groups (broad SMARTS) is 1. The summed E-state index contributed by atoms with van der Waals surface area (Å²) in [5.74, 6) is 0.324. The Hall–Kier alpha value is -1.44. The van der Waals surface area contributed by atoms with Crippen LogP contribution in [-0.2, 0) is 27.6 Å². The molecule has 0 radical (unpaired) electrons. The first-order valence-corrected chi connectivity index (χ1v) is 8.63. The van der Waals surface area contributed by atoms with Crippen molar-refractivity contribution in [1.29, 1.82) is 0 Å². The van der Waals surface area contributed by atoms with E-state index in [1.807, 2.05) is 4.57 Å². The maximum Gasteiger partial charge on any atom is 0.314 e. The standard InChI is InChI=1S/C12H17N3O4S/c16-12(17)9-2-1-4-15-10(13-14-11(9)15)6-8-3-5-20(18,19)7-8/h8-9H,1-7H2,(H,16,17). The fraction of sp³-hybridized carbons (Fsp3) is 0.750. The van der Waals surface area contributed by atoms with Crippen molar-refractivity contribution in [3.63, 3.8) is 0 Å². The first kappa shape index (κ1) is 13.5. The van der Waals surface area contributed by atoms with Gasteiger partial charge in [-0.1, -0.05) is 0 Å². The molecule has 2 unspecified atom stereocenters. The molecule has 0 aliphatic carbocycles. The number of carbonyl (C=O) groups is 1. The number of hydrogen-bond acceptors (Lipinski definition) is 5. The molecule has 1 aromatic heterocycles. The summed E-state index contributed by atoms with van der Waals surface area (Å²) in [5, 5.41) is 17.3. The SMILES string of the molecule is O=C(O)C1CCCn2c(CC3CCS(=O)(=O)C3)nnc21. The Labute approximate surface area is 116 Å². The molecule has 2 atom stereocenters. The van der Waals surface area contributed by atoms with Gasteiger partial charge in [0.25, 0.3) is 0 Å². The van der Waals surface area contributed by atoms with Gasteiger partial charge < -0.3 is 9.67 Å². The number of aliphatic carboxylic acids is 1. The molecule has 7 nitrogen and oxygen atoms in total. The molecule has 2 aliphatic rings. The lowest BCUT2D eigenvalue weighted by Gasteiger charge is -2.21. The zero-order chi connectivity index (χ0) is 14.3. The van der Waals surface area contributed by atoms with Gasteiger partial charge in [-0.3, -0.25) is 4.79 Å². The van der Waals surface area contributed by atoms with Crippen molar-refractivity contribution in [2.45, 2.75) is 38.1 Å². The highest BCUT2D eigenvalue weighted by molar-refractivity contribution is 7.91. The smallest absolute Gasteiger partial charge is 0.314 e. The third-order valence-electron chi connectivity index (χ3n) is 4.14. The third kappa shape index (κ3) is 2.44. The quantitative estimate of drug-likeness (QED) is 0.856. The van der Waals surface area contributed by atoms with E-state index in [1.165, 1.54) is 0 Å². The second kappa shape index (κ2) is 4.83. The van der Waals surface area contributed by atoms with Crippen molar-refractivity contribution in [1.82, 2.24) is 14.8 Å². The highest BCUT2D eigenvalue weighted by Crippen LogP contribution is 2.29. The monoisotopic (exact) mass is 299 g/mol. The molecule has 0 aromatic carbocycles. The maximum absolute atomic E-state index is 11.5. The van der Waals surface area contributed by atoms with Crippen molar-refractivity contribution in [3.05, 3.63) is 11.6 Å². The summed E-state index contributed by atoms with van der Waals surface area (Å²) in [6.07, 6.45) is 2.61. The van der Waals surface area contributed by atoms with Crippen LogP contribution >= 0.6 is 0 Å². The number of nitrogens with zero attached hydrogens (tertiary/aromatic N) is 3. The molecular formula is C12H17N3O4S. The largest absolute Gasteiger partial charge is 0.481 e. The molecule has 1 fully saturated rings. The van der Waals surface area contributed by atoms with Gasteiger partial charge in [0, 0.05) is 13.0 Å². The van der Waals surface area contributed by atoms with Gasteiger partial charge in [0.15, 0.2) is 9.84 Å². The average molecular weight is 299 g/mol. The topological polar surface area (TPSA) is 102 Å². The Morgan fingerprint density at radius 3 is 2.80 bits per heavy atom. The van der Waals surface area contributed by atoms with Crippen LogP contribution < -0.4 is 0 Å². The van der Waals surface area contributed by atoms with Crippen LogP contribution in [0.5, 0.6) is 0 Å². The minimum atomic E-state index is -2.90. The molecule has 1 aromatic rings. The fourth-order valence-corrected chi connectivity index (χ4v) is 4.97. The van der Waals surface area contributed by atoms with Crippen LogP contribution in [0.1, 0.15) is 36.8 Å². The van der Waals surface area contributed by atoms with Crippen molar-refractivity contribution in [3.8, 4) is 0 Å². The summed E-state index contributed by atoms with van der Waals surface area (Å²) >= 11 is 0. The van der Waals surface area contributed by atoms with E-state index >= 15 is 0 Å². The number of rotatable bonds is 3. The lowest BCUT2D eigenvalue weighted by Crippen LogP contribution is -2.24. The molecule has 3 heterocycles. The van der Waals surface area contributed by atoms with Crippen molar-refractivity contribution >= 4 is 15.8 Å². The summed E-state index contributed by atoms with van der Waals surface area (Å²) in [6.45, 7) is 0.723. The van der Waals surface area contributed by atoms with Gasteiger partial charge >= 0.3 is 5.97 Å². The van der Waals surface area contributed by atoms with E-state index in [1.54, 1.807) is 0 Å².